The zero-order valence-electron chi connectivity index (χ0n) is 12.1. The second-order valence-corrected chi connectivity index (χ2v) is 4.51. The average molecular weight is 275 g/mol. The van der Waals surface area contributed by atoms with Crippen molar-refractivity contribution in [3.05, 3.63) is 42.2 Å². The molecule has 0 bridgehead atoms. The highest BCUT2D eigenvalue weighted by molar-refractivity contribution is 5.98. The van der Waals surface area contributed by atoms with Crippen LogP contribution in [0.5, 0.6) is 0 Å². The molecule has 1 aromatic rings. The van der Waals surface area contributed by atoms with Gasteiger partial charge in [-0.1, -0.05) is 19.4 Å². The molecule has 2 amide bonds. The van der Waals surface area contributed by atoms with Crippen molar-refractivity contribution in [2.45, 2.75) is 19.8 Å². The number of hydrogen-bond donors (Lipinski definition) is 1. The minimum Gasteiger partial charge on any atom is -0.347 e. The summed E-state index contributed by atoms with van der Waals surface area (Å²) in [6.07, 6.45) is 5.05. The summed E-state index contributed by atoms with van der Waals surface area (Å²) in [6.45, 7) is 6.68. The predicted molar refractivity (Wildman–Crippen MR) is 78.6 cm³/mol. The third kappa shape index (κ3) is 4.50. The maximum Gasteiger partial charge on any atom is 0.270 e. The molecule has 1 heterocycles. The second kappa shape index (κ2) is 8.09. The van der Waals surface area contributed by atoms with Gasteiger partial charge in [0, 0.05) is 31.9 Å². The summed E-state index contributed by atoms with van der Waals surface area (Å²) in [7, 11) is 1.76. The molecule has 20 heavy (non-hydrogen) atoms. The predicted octanol–water partition coefficient (Wildman–Crippen LogP) is 1.87. The lowest BCUT2D eigenvalue weighted by Gasteiger charge is -2.16. The van der Waals surface area contributed by atoms with Crippen molar-refractivity contribution in [3.63, 3.8) is 0 Å². The molecule has 5 nitrogen and oxygen atoms in total. The fourth-order valence-electron chi connectivity index (χ4n) is 1.66. The van der Waals surface area contributed by atoms with Gasteiger partial charge in [-0.2, -0.15) is 0 Å². The Labute approximate surface area is 119 Å². The SMILES string of the molecule is C=CCNC(=O)c1cc(C(=O)N(C)CCCC)ccn1. The Bertz CT molecular complexity index is 486. The Kier molecular flexibility index (Phi) is 6.43. The lowest BCUT2D eigenvalue weighted by molar-refractivity contribution is 0.0793. The van der Waals surface area contributed by atoms with Crippen LogP contribution in [-0.4, -0.2) is 41.8 Å². The van der Waals surface area contributed by atoms with Crippen LogP contribution in [0.3, 0.4) is 0 Å². The maximum atomic E-state index is 12.2. The number of nitrogens with zero attached hydrogens (tertiary/aromatic N) is 2. The Morgan fingerprint density at radius 1 is 1.50 bits per heavy atom. The van der Waals surface area contributed by atoms with E-state index < -0.39 is 0 Å². The first-order valence-electron chi connectivity index (χ1n) is 6.70. The van der Waals surface area contributed by atoms with Gasteiger partial charge in [0.1, 0.15) is 5.69 Å². The van der Waals surface area contributed by atoms with E-state index in [1.807, 2.05) is 0 Å². The molecule has 1 aromatic heterocycles. The number of unbranched alkanes of at least 4 members (excludes halogenated alkanes) is 1. The van der Waals surface area contributed by atoms with Crippen LogP contribution in [0, 0.1) is 0 Å². The van der Waals surface area contributed by atoms with E-state index in [0.717, 1.165) is 12.8 Å². The van der Waals surface area contributed by atoms with Gasteiger partial charge in [0.2, 0.25) is 0 Å². The molecule has 0 aliphatic heterocycles. The molecular formula is C15H21N3O2. The highest BCUT2D eigenvalue weighted by Crippen LogP contribution is 2.06. The zero-order chi connectivity index (χ0) is 15.0. The number of hydrogen-bond acceptors (Lipinski definition) is 3. The Balaban J connectivity index is 2.79. The summed E-state index contributed by atoms with van der Waals surface area (Å²) in [5, 5.41) is 2.63. The second-order valence-electron chi connectivity index (χ2n) is 4.51. The molecule has 0 unspecified atom stereocenters. The van der Waals surface area contributed by atoms with Crippen LogP contribution >= 0.6 is 0 Å². The van der Waals surface area contributed by atoms with Gasteiger partial charge in [0.25, 0.3) is 11.8 Å². The van der Waals surface area contributed by atoms with Crippen LogP contribution in [0.1, 0.15) is 40.6 Å². The minimum absolute atomic E-state index is 0.0985. The van der Waals surface area contributed by atoms with Gasteiger partial charge in [-0.25, -0.2) is 0 Å². The van der Waals surface area contributed by atoms with Gasteiger partial charge in [-0.15, -0.1) is 6.58 Å². The van der Waals surface area contributed by atoms with Gasteiger partial charge in [-0.05, 0) is 18.6 Å². The van der Waals surface area contributed by atoms with Crippen LogP contribution in [0.25, 0.3) is 0 Å². The highest BCUT2D eigenvalue weighted by atomic mass is 16.2. The van der Waals surface area contributed by atoms with Crippen LogP contribution in [0.15, 0.2) is 31.0 Å². The first-order chi connectivity index (χ1) is 9.60. The molecule has 0 atom stereocenters. The molecule has 0 aliphatic rings. The number of carbonyl (C=O) groups excluding carboxylic acids is 2. The summed E-state index contributed by atoms with van der Waals surface area (Å²) in [5.74, 6) is -0.408. The van der Waals surface area contributed by atoms with E-state index in [9.17, 15) is 9.59 Å². The van der Waals surface area contributed by atoms with Crippen LogP contribution in [-0.2, 0) is 0 Å². The number of pyridine rings is 1. The topological polar surface area (TPSA) is 62.3 Å². The van der Waals surface area contributed by atoms with Crippen molar-refractivity contribution < 1.29 is 9.59 Å². The van der Waals surface area contributed by atoms with E-state index in [2.05, 4.69) is 23.8 Å². The molecule has 108 valence electrons. The van der Waals surface area contributed by atoms with E-state index in [1.165, 1.54) is 12.3 Å². The van der Waals surface area contributed by atoms with Crippen LogP contribution in [0.4, 0.5) is 0 Å². The molecule has 1 rings (SSSR count). The monoisotopic (exact) mass is 275 g/mol. The van der Waals surface area contributed by atoms with Crippen molar-refractivity contribution in [2.24, 2.45) is 0 Å². The summed E-state index contributed by atoms with van der Waals surface area (Å²) < 4.78 is 0. The van der Waals surface area contributed by atoms with Gasteiger partial charge in [0.05, 0.1) is 0 Å². The molecular weight excluding hydrogens is 254 g/mol. The molecule has 0 spiro atoms. The largest absolute Gasteiger partial charge is 0.347 e. The summed E-state index contributed by atoms with van der Waals surface area (Å²) >= 11 is 0. The third-order valence-corrected chi connectivity index (χ3v) is 2.84. The van der Waals surface area contributed by atoms with Gasteiger partial charge < -0.3 is 10.2 Å². The fraction of sp³-hybridized carbons (Fsp3) is 0.400. The smallest absolute Gasteiger partial charge is 0.270 e. The molecule has 0 aromatic carbocycles. The van der Waals surface area contributed by atoms with E-state index >= 15 is 0 Å². The van der Waals surface area contributed by atoms with Crippen molar-refractivity contribution in [2.75, 3.05) is 20.1 Å². The van der Waals surface area contributed by atoms with Crippen molar-refractivity contribution in [3.8, 4) is 0 Å². The van der Waals surface area contributed by atoms with Crippen molar-refractivity contribution in [1.82, 2.24) is 15.2 Å². The van der Waals surface area contributed by atoms with Gasteiger partial charge >= 0.3 is 0 Å². The van der Waals surface area contributed by atoms with Gasteiger partial charge in [-0.3, -0.25) is 14.6 Å². The molecule has 1 N–H and O–H groups in total. The highest BCUT2D eigenvalue weighted by Gasteiger charge is 2.14. The number of carbonyl (C=O) groups is 2. The molecule has 0 radical (unpaired) electrons. The van der Waals surface area contributed by atoms with Crippen molar-refractivity contribution >= 4 is 11.8 Å². The van der Waals surface area contributed by atoms with Crippen molar-refractivity contribution in [1.29, 1.82) is 0 Å². The third-order valence-electron chi connectivity index (χ3n) is 2.84. The van der Waals surface area contributed by atoms with E-state index in [-0.39, 0.29) is 17.5 Å². The van der Waals surface area contributed by atoms with E-state index in [4.69, 9.17) is 0 Å². The maximum absolute atomic E-state index is 12.2. The van der Waals surface area contributed by atoms with Crippen LogP contribution < -0.4 is 5.32 Å². The fourth-order valence-corrected chi connectivity index (χ4v) is 1.66. The standard InChI is InChI=1S/C15H21N3O2/c1-4-6-10-18(3)15(20)12-7-9-16-13(11-12)14(19)17-8-5-2/h5,7,9,11H,2,4,6,8,10H2,1,3H3,(H,17,19). The molecule has 0 saturated carbocycles. The first-order valence-corrected chi connectivity index (χ1v) is 6.70. The minimum atomic E-state index is -0.309. The van der Waals surface area contributed by atoms with E-state index in [1.54, 1.807) is 24.1 Å². The number of amides is 2. The van der Waals surface area contributed by atoms with Crippen LogP contribution in [0.2, 0.25) is 0 Å². The lowest BCUT2D eigenvalue weighted by Crippen LogP contribution is -2.29. The molecule has 5 heteroatoms. The molecule has 0 fully saturated rings. The summed E-state index contributed by atoms with van der Waals surface area (Å²) in [5.41, 5.74) is 0.712. The number of aromatic nitrogens is 1. The quantitative estimate of drug-likeness (QED) is 0.773. The Morgan fingerprint density at radius 3 is 2.90 bits per heavy atom. The van der Waals surface area contributed by atoms with E-state index in [0.29, 0.717) is 18.7 Å². The Hall–Kier alpha value is -2.17. The summed E-state index contributed by atoms with van der Waals surface area (Å²) in [6, 6.07) is 3.14. The molecule has 0 aliphatic carbocycles. The first kappa shape index (κ1) is 15.9. The molecule has 0 saturated heterocycles. The van der Waals surface area contributed by atoms with Gasteiger partial charge in [0.15, 0.2) is 0 Å². The normalized spacial score (nSPS) is 9.90. The number of rotatable bonds is 7. The Morgan fingerprint density at radius 2 is 2.25 bits per heavy atom. The summed E-state index contributed by atoms with van der Waals surface area (Å²) in [4.78, 5) is 29.6. The zero-order valence-corrected chi connectivity index (χ0v) is 12.1. The number of nitrogens with one attached hydrogen (secondary N) is 1. The average Bonchev–Trinajstić information content (AvgIpc) is 2.49. The lowest BCUT2D eigenvalue weighted by atomic mass is 10.2.